The van der Waals surface area contributed by atoms with Crippen LogP contribution in [0.5, 0.6) is 5.75 Å². The quantitative estimate of drug-likeness (QED) is 0.741. The minimum Gasteiger partial charge on any atom is -0.507 e. The first-order valence-corrected chi connectivity index (χ1v) is 7.07. The van der Waals surface area contributed by atoms with Gasteiger partial charge in [-0.05, 0) is 46.3 Å². The number of hydrogen-bond acceptors (Lipinski definition) is 3. The Morgan fingerprint density at radius 2 is 2.05 bits per heavy atom. The second-order valence-electron chi connectivity index (χ2n) is 4.52. The van der Waals surface area contributed by atoms with Crippen LogP contribution in [0.4, 0.5) is 5.69 Å². The van der Waals surface area contributed by atoms with Gasteiger partial charge in [0.05, 0.1) is 4.47 Å². The number of carbonyl (C=O) groups is 1. The molecular weight excluding hydrogens is 332 g/mol. The summed E-state index contributed by atoms with van der Waals surface area (Å²) in [7, 11) is 0. The molecule has 1 aromatic heterocycles. The molecule has 3 aromatic rings. The summed E-state index contributed by atoms with van der Waals surface area (Å²) in [5.74, 6) is -0.244. The van der Waals surface area contributed by atoms with E-state index in [9.17, 15) is 9.90 Å². The molecule has 0 aliphatic heterocycles. The molecule has 0 unspecified atom stereocenters. The number of aromatic nitrogens is 1. The second kappa shape index (κ2) is 5.54. The minimum atomic E-state index is -0.276. The number of phenolic OH excluding ortho intramolecular Hbond substituents is 1. The summed E-state index contributed by atoms with van der Waals surface area (Å²) in [6, 6.07) is 12.2. The molecule has 0 atom stereocenters. The van der Waals surface area contributed by atoms with Crippen molar-refractivity contribution < 1.29 is 9.90 Å². The number of amides is 1. The van der Waals surface area contributed by atoms with Crippen molar-refractivity contribution in [2.75, 3.05) is 5.32 Å². The number of rotatable bonds is 2. The SMILES string of the molecule is O=C(Nc1cccc2cnccc12)c1ccc(Br)c(O)c1. The van der Waals surface area contributed by atoms with Gasteiger partial charge in [-0.2, -0.15) is 0 Å². The van der Waals surface area contributed by atoms with E-state index in [1.807, 2.05) is 24.3 Å². The molecule has 0 aliphatic rings. The van der Waals surface area contributed by atoms with Gasteiger partial charge >= 0.3 is 0 Å². The first kappa shape index (κ1) is 13.6. The number of pyridine rings is 1. The summed E-state index contributed by atoms with van der Waals surface area (Å²) < 4.78 is 0.551. The Bertz CT molecular complexity index is 828. The number of nitrogens with zero attached hydrogens (tertiary/aromatic N) is 1. The van der Waals surface area contributed by atoms with Gasteiger partial charge < -0.3 is 10.4 Å². The Kier molecular flexibility index (Phi) is 3.58. The van der Waals surface area contributed by atoms with E-state index in [0.29, 0.717) is 15.7 Å². The van der Waals surface area contributed by atoms with Crippen molar-refractivity contribution in [3.05, 3.63) is 64.9 Å². The van der Waals surface area contributed by atoms with Gasteiger partial charge in [0.25, 0.3) is 5.91 Å². The second-order valence-corrected chi connectivity index (χ2v) is 5.38. The van der Waals surface area contributed by atoms with E-state index >= 15 is 0 Å². The maximum atomic E-state index is 12.3. The highest BCUT2D eigenvalue weighted by Gasteiger charge is 2.10. The summed E-state index contributed by atoms with van der Waals surface area (Å²) in [6.07, 6.45) is 3.43. The van der Waals surface area contributed by atoms with Gasteiger partial charge in [-0.3, -0.25) is 9.78 Å². The van der Waals surface area contributed by atoms with Crippen molar-refractivity contribution in [1.82, 2.24) is 4.98 Å². The fraction of sp³-hybridized carbons (Fsp3) is 0. The monoisotopic (exact) mass is 342 g/mol. The van der Waals surface area contributed by atoms with Gasteiger partial charge in [0.2, 0.25) is 0 Å². The normalized spacial score (nSPS) is 10.5. The topological polar surface area (TPSA) is 62.2 Å². The van der Waals surface area contributed by atoms with Crippen LogP contribution in [0, 0.1) is 0 Å². The molecule has 5 heteroatoms. The van der Waals surface area contributed by atoms with E-state index in [-0.39, 0.29) is 11.7 Å². The Balaban J connectivity index is 1.94. The number of halogens is 1. The molecule has 21 heavy (non-hydrogen) atoms. The van der Waals surface area contributed by atoms with Gasteiger partial charge in [0.1, 0.15) is 5.75 Å². The number of hydrogen-bond donors (Lipinski definition) is 2. The largest absolute Gasteiger partial charge is 0.507 e. The lowest BCUT2D eigenvalue weighted by Crippen LogP contribution is -2.12. The van der Waals surface area contributed by atoms with E-state index in [4.69, 9.17) is 0 Å². The van der Waals surface area contributed by atoms with Crippen LogP contribution < -0.4 is 5.32 Å². The lowest BCUT2D eigenvalue weighted by molar-refractivity contribution is 0.102. The summed E-state index contributed by atoms with van der Waals surface area (Å²) in [5, 5.41) is 14.4. The van der Waals surface area contributed by atoms with Crippen molar-refractivity contribution >= 4 is 38.3 Å². The van der Waals surface area contributed by atoms with Gasteiger partial charge in [-0.1, -0.05) is 12.1 Å². The van der Waals surface area contributed by atoms with E-state index < -0.39 is 0 Å². The molecule has 3 rings (SSSR count). The van der Waals surface area contributed by atoms with Gasteiger partial charge in [0, 0.05) is 34.4 Å². The van der Waals surface area contributed by atoms with Gasteiger partial charge in [-0.25, -0.2) is 0 Å². The van der Waals surface area contributed by atoms with Crippen LogP contribution in [-0.2, 0) is 0 Å². The van der Waals surface area contributed by atoms with Crippen molar-refractivity contribution in [2.45, 2.75) is 0 Å². The third-order valence-corrected chi connectivity index (χ3v) is 3.81. The van der Waals surface area contributed by atoms with Crippen LogP contribution in [0.2, 0.25) is 0 Å². The maximum Gasteiger partial charge on any atom is 0.255 e. The molecule has 0 saturated heterocycles. The highest BCUT2D eigenvalue weighted by molar-refractivity contribution is 9.10. The first-order valence-electron chi connectivity index (χ1n) is 6.28. The number of fused-ring (bicyclic) bond motifs is 1. The van der Waals surface area contributed by atoms with E-state index in [1.54, 1.807) is 24.5 Å². The summed E-state index contributed by atoms with van der Waals surface area (Å²) in [4.78, 5) is 16.3. The Hall–Kier alpha value is -2.40. The molecule has 2 aromatic carbocycles. The molecule has 0 saturated carbocycles. The van der Waals surface area contributed by atoms with Crippen LogP contribution in [0.15, 0.2) is 59.3 Å². The van der Waals surface area contributed by atoms with Crippen LogP contribution in [0.25, 0.3) is 10.8 Å². The molecule has 0 spiro atoms. The molecule has 1 heterocycles. The molecule has 104 valence electrons. The van der Waals surface area contributed by atoms with Gasteiger partial charge in [0.15, 0.2) is 0 Å². The number of carbonyl (C=O) groups excluding carboxylic acids is 1. The summed E-state index contributed by atoms with van der Waals surface area (Å²) in [6.45, 7) is 0. The maximum absolute atomic E-state index is 12.3. The summed E-state index contributed by atoms with van der Waals surface area (Å²) >= 11 is 3.19. The molecule has 2 N–H and O–H groups in total. The van der Waals surface area contributed by atoms with Crippen LogP contribution in [0.1, 0.15) is 10.4 Å². The Morgan fingerprint density at radius 1 is 1.19 bits per heavy atom. The van der Waals surface area contributed by atoms with Crippen molar-refractivity contribution in [3.63, 3.8) is 0 Å². The third-order valence-electron chi connectivity index (χ3n) is 3.14. The van der Waals surface area contributed by atoms with Crippen LogP contribution >= 0.6 is 15.9 Å². The van der Waals surface area contributed by atoms with Crippen molar-refractivity contribution in [1.29, 1.82) is 0 Å². The molecule has 1 amide bonds. The number of phenols is 1. The zero-order valence-corrected chi connectivity index (χ0v) is 12.5. The fourth-order valence-electron chi connectivity index (χ4n) is 2.08. The van der Waals surface area contributed by atoms with E-state index in [2.05, 4.69) is 26.2 Å². The van der Waals surface area contributed by atoms with E-state index in [1.165, 1.54) is 6.07 Å². The van der Waals surface area contributed by atoms with Crippen LogP contribution in [0.3, 0.4) is 0 Å². The van der Waals surface area contributed by atoms with E-state index in [0.717, 1.165) is 10.8 Å². The number of aromatic hydroxyl groups is 1. The first-order chi connectivity index (χ1) is 10.1. The predicted octanol–water partition coefficient (Wildman–Crippen LogP) is 3.96. The third kappa shape index (κ3) is 2.73. The lowest BCUT2D eigenvalue weighted by atomic mass is 10.1. The lowest BCUT2D eigenvalue weighted by Gasteiger charge is -2.09. The summed E-state index contributed by atoms with van der Waals surface area (Å²) in [5.41, 5.74) is 1.10. The molecule has 0 fully saturated rings. The zero-order chi connectivity index (χ0) is 14.8. The number of benzene rings is 2. The standard InChI is InChI=1S/C16H11BrN2O2/c17-13-5-4-10(8-15(13)20)16(21)19-14-3-1-2-11-9-18-7-6-12(11)14/h1-9,20H,(H,19,21). The molecule has 0 bridgehead atoms. The molecular formula is C16H11BrN2O2. The average Bonchev–Trinajstić information content (AvgIpc) is 2.50. The Morgan fingerprint density at radius 3 is 2.86 bits per heavy atom. The Labute approximate surface area is 129 Å². The number of nitrogens with one attached hydrogen (secondary N) is 1. The van der Waals surface area contributed by atoms with Gasteiger partial charge in [-0.15, -0.1) is 0 Å². The molecule has 0 aliphatic carbocycles. The smallest absolute Gasteiger partial charge is 0.255 e. The molecule has 0 radical (unpaired) electrons. The molecule has 4 nitrogen and oxygen atoms in total. The highest BCUT2D eigenvalue weighted by Crippen LogP contribution is 2.26. The van der Waals surface area contributed by atoms with Crippen molar-refractivity contribution in [2.24, 2.45) is 0 Å². The number of anilines is 1. The highest BCUT2D eigenvalue weighted by atomic mass is 79.9. The fourth-order valence-corrected chi connectivity index (χ4v) is 2.33. The predicted molar refractivity (Wildman–Crippen MR) is 85.5 cm³/mol. The van der Waals surface area contributed by atoms with Crippen molar-refractivity contribution in [3.8, 4) is 5.75 Å². The average molecular weight is 343 g/mol. The van der Waals surface area contributed by atoms with Crippen LogP contribution in [-0.4, -0.2) is 16.0 Å². The minimum absolute atomic E-state index is 0.0322. The zero-order valence-electron chi connectivity index (χ0n) is 10.9.